The third-order valence-corrected chi connectivity index (χ3v) is 4.18. The first-order valence-electron chi connectivity index (χ1n) is 5.79. The van der Waals surface area contributed by atoms with Gasteiger partial charge in [-0.2, -0.15) is 0 Å². The van der Waals surface area contributed by atoms with E-state index in [1.165, 1.54) is 0 Å². The van der Waals surface area contributed by atoms with Crippen molar-refractivity contribution in [1.82, 2.24) is 0 Å². The number of aryl methyl sites for hydroxylation is 2. The molecule has 0 aliphatic rings. The summed E-state index contributed by atoms with van der Waals surface area (Å²) >= 11 is 3.41. The highest BCUT2D eigenvalue weighted by molar-refractivity contribution is 9.10. The van der Waals surface area contributed by atoms with E-state index in [1.807, 2.05) is 26.0 Å². The number of benzene rings is 1. The average Bonchev–Trinajstić information content (AvgIpc) is 2.30. The molecule has 0 aliphatic carbocycles. The number of aliphatic carboxylic acids is 1. The van der Waals surface area contributed by atoms with Crippen LogP contribution in [-0.4, -0.2) is 16.9 Å². The summed E-state index contributed by atoms with van der Waals surface area (Å²) in [6, 6.07) is 3.70. The van der Waals surface area contributed by atoms with E-state index in [0.29, 0.717) is 5.56 Å². The summed E-state index contributed by atoms with van der Waals surface area (Å²) in [7, 11) is 0. The third-order valence-electron chi connectivity index (χ3n) is 3.32. The first kappa shape index (κ1) is 14.9. The molecule has 18 heavy (non-hydrogen) atoms. The molecule has 1 aromatic carbocycles. The van der Waals surface area contributed by atoms with Crippen LogP contribution in [0.5, 0.6) is 0 Å². The Balaban J connectivity index is 3.11. The van der Waals surface area contributed by atoms with E-state index in [4.69, 9.17) is 5.11 Å². The molecule has 2 atom stereocenters. The molecule has 1 N–H and O–H groups in total. The summed E-state index contributed by atoms with van der Waals surface area (Å²) < 4.78 is 0.954. The van der Waals surface area contributed by atoms with E-state index in [2.05, 4.69) is 15.9 Å². The van der Waals surface area contributed by atoms with Gasteiger partial charge in [-0.15, -0.1) is 0 Å². The van der Waals surface area contributed by atoms with Gasteiger partial charge >= 0.3 is 5.97 Å². The predicted octanol–water partition coefficient (Wildman–Crippen LogP) is 3.61. The normalized spacial score (nSPS) is 14.1. The standard InChI is InChI=1S/C14H17BrO3/c1-7-6-12(15)8(2)5-11(7)13(16)9(3)10(4)14(17)18/h5-6,9-10H,1-4H3,(H,17,18). The predicted molar refractivity (Wildman–Crippen MR) is 73.9 cm³/mol. The summed E-state index contributed by atoms with van der Waals surface area (Å²) in [6.07, 6.45) is 0. The molecular weight excluding hydrogens is 296 g/mol. The number of Topliss-reactive ketones (excluding diaryl/α,β-unsaturated/α-hetero) is 1. The highest BCUT2D eigenvalue weighted by atomic mass is 79.9. The largest absolute Gasteiger partial charge is 0.481 e. The number of carboxylic acids is 1. The zero-order valence-corrected chi connectivity index (χ0v) is 12.5. The summed E-state index contributed by atoms with van der Waals surface area (Å²) in [6.45, 7) is 6.99. The van der Waals surface area contributed by atoms with E-state index >= 15 is 0 Å². The van der Waals surface area contributed by atoms with Gasteiger partial charge in [-0.3, -0.25) is 9.59 Å². The fourth-order valence-corrected chi connectivity index (χ4v) is 2.19. The SMILES string of the molecule is Cc1cc(C(=O)C(C)C(C)C(=O)O)c(C)cc1Br. The molecule has 0 radical (unpaired) electrons. The number of rotatable bonds is 4. The van der Waals surface area contributed by atoms with Crippen molar-refractivity contribution in [3.63, 3.8) is 0 Å². The molecule has 0 heterocycles. The number of ketones is 1. The first-order chi connectivity index (χ1) is 8.25. The molecular formula is C14H17BrO3. The number of carboxylic acid groups (broad SMARTS) is 1. The fourth-order valence-electron chi connectivity index (χ4n) is 1.73. The van der Waals surface area contributed by atoms with Crippen molar-refractivity contribution in [1.29, 1.82) is 0 Å². The van der Waals surface area contributed by atoms with E-state index in [-0.39, 0.29) is 5.78 Å². The Labute approximate surface area is 115 Å². The zero-order chi connectivity index (χ0) is 14.0. The van der Waals surface area contributed by atoms with Gasteiger partial charge in [-0.05, 0) is 37.1 Å². The molecule has 2 unspecified atom stereocenters. The van der Waals surface area contributed by atoms with Gasteiger partial charge in [0.1, 0.15) is 0 Å². The van der Waals surface area contributed by atoms with Crippen LogP contribution in [-0.2, 0) is 4.79 Å². The van der Waals surface area contributed by atoms with Gasteiger partial charge < -0.3 is 5.11 Å². The highest BCUT2D eigenvalue weighted by Crippen LogP contribution is 2.25. The van der Waals surface area contributed by atoms with E-state index < -0.39 is 17.8 Å². The molecule has 0 amide bonds. The number of halogens is 1. The molecule has 0 spiro atoms. The van der Waals surface area contributed by atoms with Crippen molar-refractivity contribution in [2.45, 2.75) is 27.7 Å². The maximum absolute atomic E-state index is 12.3. The van der Waals surface area contributed by atoms with Crippen molar-refractivity contribution in [2.24, 2.45) is 11.8 Å². The molecule has 3 nitrogen and oxygen atoms in total. The van der Waals surface area contributed by atoms with Crippen molar-refractivity contribution < 1.29 is 14.7 Å². The van der Waals surface area contributed by atoms with Crippen LogP contribution in [0.3, 0.4) is 0 Å². The van der Waals surface area contributed by atoms with Crippen LogP contribution in [0.4, 0.5) is 0 Å². The lowest BCUT2D eigenvalue weighted by Crippen LogP contribution is -2.26. The number of carbonyl (C=O) groups excluding carboxylic acids is 1. The Morgan fingerprint density at radius 2 is 1.67 bits per heavy atom. The maximum Gasteiger partial charge on any atom is 0.306 e. The zero-order valence-electron chi connectivity index (χ0n) is 11.0. The molecule has 0 saturated heterocycles. The summed E-state index contributed by atoms with van der Waals surface area (Å²) in [5.41, 5.74) is 2.44. The van der Waals surface area contributed by atoms with Crippen LogP contribution in [0, 0.1) is 25.7 Å². The molecule has 1 aromatic rings. The Bertz CT molecular complexity index is 494. The van der Waals surface area contributed by atoms with Gasteiger partial charge in [-0.1, -0.05) is 29.8 Å². The Kier molecular flexibility index (Phi) is 4.68. The lowest BCUT2D eigenvalue weighted by atomic mass is 9.86. The molecule has 0 aromatic heterocycles. The lowest BCUT2D eigenvalue weighted by Gasteiger charge is -2.17. The summed E-state index contributed by atoms with van der Waals surface area (Å²) in [5, 5.41) is 8.96. The molecule has 0 aliphatic heterocycles. The Morgan fingerprint density at radius 1 is 1.11 bits per heavy atom. The van der Waals surface area contributed by atoms with Crippen LogP contribution in [0.2, 0.25) is 0 Å². The van der Waals surface area contributed by atoms with Crippen LogP contribution >= 0.6 is 15.9 Å². The van der Waals surface area contributed by atoms with Crippen LogP contribution in [0.15, 0.2) is 16.6 Å². The molecule has 98 valence electrons. The highest BCUT2D eigenvalue weighted by Gasteiger charge is 2.27. The van der Waals surface area contributed by atoms with Crippen molar-refractivity contribution in [2.75, 3.05) is 0 Å². The smallest absolute Gasteiger partial charge is 0.306 e. The van der Waals surface area contributed by atoms with Gasteiger partial charge in [-0.25, -0.2) is 0 Å². The van der Waals surface area contributed by atoms with Gasteiger partial charge in [0.05, 0.1) is 5.92 Å². The summed E-state index contributed by atoms with van der Waals surface area (Å²) in [4.78, 5) is 23.2. The fraction of sp³-hybridized carbons (Fsp3) is 0.429. The van der Waals surface area contributed by atoms with E-state index in [1.54, 1.807) is 13.8 Å². The van der Waals surface area contributed by atoms with E-state index in [0.717, 1.165) is 15.6 Å². The minimum atomic E-state index is -0.942. The van der Waals surface area contributed by atoms with Crippen LogP contribution in [0.1, 0.15) is 35.3 Å². The van der Waals surface area contributed by atoms with E-state index in [9.17, 15) is 9.59 Å². The maximum atomic E-state index is 12.3. The van der Waals surface area contributed by atoms with Crippen molar-refractivity contribution >= 4 is 27.7 Å². The second-order valence-corrected chi connectivity index (χ2v) is 5.55. The number of carbonyl (C=O) groups is 2. The van der Waals surface area contributed by atoms with Crippen molar-refractivity contribution in [3.8, 4) is 0 Å². The van der Waals surface area contributed by atoms with Crippen LogP contribution < -0.4 is 0 Å². The quantitative estimate of drug-likeness (QED) is 0.864. The molecule has 4 heteroatoms. The Morgan fingerprint density at radius 3 is 2.17 bits per heavy atom. The molecule has 0 saturated carbocycles. The molecule has 0 fully saturated rings. The van der Waals surface area contributed by atoms with Gasteiger partial charge in [0.2, 0.25) is 0 Å². The van der Waals surface area contributed by atoms with Crippen LogP contribution in [0.25, 0.3) is 0 Å². The molecule has 1 rings (SSSR count). The monoisotopic (exact) mass is 312 g/mol. The second-order valence-electron chi connectivity index (χ2n) is 4.70. The minimum Gasteiger partial charge on any atom is -0.481 e. The first-order valence-corrected chi connectivity index (χ1v) is 6.58. The Hall–Kier alpha value is -1.16. The van der Waals surface area contributed by atoms with Gasteiger partial charge in [0.25, 0.3) is 0 Å². The topological polar surface area (TPSA) is 54.4 Å². The number of hydrogen-bond donors (Lipinski definition) is 1. The van der Waals surface area contributed by atoms with Gasteiger partial charge in [0.15, 0.2) is 5.78 Å². The lowest BCUT2D eigenvalue weighted by molar-refractivity contribution is -0.142. The summed E-state index contributed by atoms with van der Waals surface area (Å²) in [5.74, 6) is -2.26. The van der Waals surface area contributed by atoms with Gasteiger partial charge in [0, 0.05) is 16.0 Å². The van der Waals surface area contributed by atoms with Crippen molar-refractivity contribution in [3.05, 3.63) is 33.3 Å². The molecule has 0 bridgehead atoms. The average molecular weight is 313 g/mol. The second kappa shape index (κ2) is 5.65. The number of hydrogen-bond acceptors (Lipinski definition) is 2. The third kappa shape index (κ3) is 2.99. The minimum absolute atomic E-state index is 0.113.